The largest absolute Gasteiger partial charge is 0.481 e. The Kier molecular flexibility index (Phi) is 4.58. The Morgan fingerprint density at radius 1 is 1.63 bits per heavy atom. The second-order valence-corrected chi connectivity index (χ2v) is 5.39. The van der Waals surface area contributed by atoms with Crippen molar-refractivity contribution in [3.05, 3.63) is 18.0 Å². The van der Waals surface area contributed by atoms with Crippen LogP contribution in [-0.4, -0.2) is 38.3 Å². The van der Waals surface area contributed by atoms with Crippen molar-refractivity contribution in [2.45, 2.75) is 58.2 Å². The number of nitrogens with zero attached hydrogens (tertiary/aromatic N) is 3. The zero-order valence-corrected chi connectivity index (χ0v) is 11.7. The van der Waals surface area contributed by atoms with Crippen LogP contribution in [0.2, 0.25) is 0 Å². The molecule has 2 rings (SSSR count). The molecule has 1 saturated carbocycles. The molecule has 1 N–H and O–H groups in total. The van der Waals surface area contributed by atoms with E-state index in [0.29, 0.717) is 18.6 Å². The van der Waals surface area contributed by atoms with E-state index in [1.54, 1.807) is 0 Å². The molecular formula is C14H23N3O2. The molecule has 5 nitrogen and oxygen atoms in total. The van der Waals surface area contributed by atoms with Gasteiger partial charge in [-0.15, -0.1) is 0 Å². The van der Waals surface area contributed by atoms with Crippen LogP contribution < -0.4 is 0 Å². The summed E-state index contributed by atoms with van der Waals surface area (Å²) in [4.78, 5) is 12.9. The smallest absolute Gasteiger partial charge is 0.304 e. The summed E-state index contributed by atoms with van der Waals surface area (Å²) in [6.07, 6.45) is 5.66. The van der Waals surface area contributed by atoms with Gasteiger partial charge in [-0.3, -0.25) is 14.4 Å². The molecule has 0 saturated heterocycles. The van der Waals surface area contributed by atoms with Gasteiger partial charge in [-0.2, -0.15) is 5.10 Å². The molecule has 1 heterocycles. The Hall–Kier alpha value is -1.36. The number of carbonyl (C=O) groups is 1. The highest BCUT2D eigenvalue weighted by Crippen LogP contribution is 2.28. The first-order valence-electron chi connectivity index (χ1n) is 7.10. The van der Waals surface area contributed by atoms with E-state index in [1.165, 1.54) is 12.8 Å². The van der Waals surface area contributed by atoms with Gasteiger partial charge in [0.2, 0.25) is 0 Å². The topological polar surface area (TPSA) is 58.4 Å². The van der Waals surface area contributed by atoms with Gasteiger partial charge >= 0.3 is 5.97 Å². The Labute approximate surface area is 114 Å². The molecular weight excluding hydrogens is 242 g/mol. The normalized spacial score (nSPS) is 16.8. The van der Waals surface area contributed by atoms with Crippen LogP contribution in [0.4, 0.5) is 0 Å². The third-order valence-electron chi connectivity index (χ3n) is 3.75. The van der Waals surface area contributed by atoms with Gasteiger partial charge in [0.25, 0.3) is 0 Å². The number of aliphatic carboxylic acids is 1. The van der Waals surface area contributed by atoms with E-state index in [4.69, 9.17) is 5.11 Å². The number of rotatable bonds is 8. The van der Waals surface area contributed by atoms with Crippen molar-refractivity contribution in [2.24, 2.45) is 0 Å². The quantitative estimate of drug-likeness (QED) is 0.783. The highest BCUT2D eigenvalue weighted by Gasteiger charge is 2.29. The van der Waals surface area contributed by atoms with Crippen molar-refractivity contribution in [2.75, 3.05) is 6.54 Å². The lowest BCUT2D eigenvalue weighted by molar-refractivity contribution is -0.137. The Morgan fingerprint density at radius 2 is 2.37 bits per heavy atom. The van der Waals surface area contributed by atoms with Crippen LogP contribution in [0.25, 0.3) is 0 Å². The maximum Gasteiger partial charge on any atom is 0.304 e. The molecule has 0 radical (unpaired) electrons. The summed E-state index contributed by atoms with van der Waals surface area (Å²) in [6.45, 7) is 5.69. The monoisotopic (exact) mass is 265 g/mol. The lowest BCUT2D eigenvalue weighted by atomic mass is 10.3. The molecule has 1 atom stereocenters. The standard InChI is InChI=1S/C14H23N3O2/c1-3-11(2)17-9-6-12(15-17)10-16(13-4-5-13)8-7-14(18)19/h6,9,11,13H,3-5,7-8,10H2,1-2H3,(H,18,19). The number of aromatic nitrogens is 2. The van der Waals surface area contributed by atoms with Crippen molar-refractivity contribution < 1.29 is 9.90 Å². The van der Waals surface area contributed by atoms with Crippen LogP contribution in [0.15, 0.2) is 12.3 Å². The zero-order chi connectivity index (χ0) is 13.8. The Balaban J connectivity index is 1.93. The van der Waals surface area contributed by atoms with Gasteiger partial charge in [0, 0.05) is 31.4 Å². The third kappa shape index (κ3) is 4.06. The maximum atomic E-state index is 10.7. The van der Waals surface area contributed by atoms with Crippen molar-refractivity contribution >= 4 is 5.97 Å². The van der Waals surface area contributed by atoms with E-state index in [-0.39, 0.29) is 6.42 Å². The second-order valence-electron chi connectivity index (χ2n) is 5.39. The molecule has 1 aliphatic carbocycles. The van der Waals surface area contributed by atoms with E-state index >= 15 is 0 Å². The van der Waals surface area contributed by atoms with Crippen molar-refractivity contribution in [3.8, 4) is 0 Å². The first-order valence-corrected chi connectivity index (χ1v) is 7.10. The number of hydrogen-bond donors (Lipinski definition) is 1. The molecule has 0 spiro atoms. The van der Waals surface area contributed by atoms with Gasteiger partial charge in [-0.1, -0.05) is 6.92 Å². The van der Waals surface area contributed by atoms with Crippen LogP contribution in [0.5, 0.6) is 0 Å². The number of hydrogen-bond acceptors (Lipinski definition) is 3. The van der Waals surface area contributed by atoms with Crippen molar-refractivity contribution in [3.63, 3.8) is 0 Å². The molecule has 1 fully saturated rings. The summed E-state index contributed by atoms with van der Waals surface area (Å²) in [5.41, 5.74) is 1.04. The SMILES string of the molecule is CCC(C)n1ccc(CN(CCC(=O)O)C2CC2)n1. The number of carboxylic acids is 1. The van der Waals surface area contributed by atoms with Gasteiger partial charge in [0.1, 0.15) is 0 Å². The van der Waals surface area contributed by atoms with Crippen LogP contribution >= 0.6 is 0 Å². The minimum Gasteiger partial charge on any atom is -0.481 e. The molecule has 1 aromatic rings. The maximum absolute atomic E-state index is 10.7. The molecule has 1 unspecified atom stereocenters. The molecule has 1 aromatic heterocycles. The Morgan fingerprint density at radius 3 is 2.95 bits per heavy atom. The molecule has 1 aliphatic rings. The Bertz CT molecular complexity index is 426. The summed E-state index contributed by atoms with van der Waals surface area (Å²) < 4.78 is 2.00. The van der Waals surface area contributed by atoms with Crippen molar-refractivity contribution in [1.29, 1.82) is 0 Å². The molecule has 106 valence electrons. The molecule has 0 aromatic carbocycles. The number of carboxylic acid groups (broad SMARTS) is 1. The summed E-state index contributed by atoms with van der Waals surface area (Å²) in [7, 11) is 0. The van der Waals surface area contributed by atoms with Crippen LogP contribution in [0.3, 0.4) is 0 Å². The van der Waals surface area contributed by atoms with Gasteiger partial charge in [-0.05, 0) is 32.3 Å². The highest BCUT2D eigenvalue weighted by atomic mass is 16.4. The zero-order valence-electron chi connectivity index (χ0n) is 11.7. The minimum absolute atomic E-state index is 0.211. The van der Waals surface area contributed by atoms with Gasteiger partial charge in [0.15, 0.2) is 0 Å². The summed E-state index contributed by atoms with van der Waals surface area (Å²) in [5.74, 6) is -0.726. The lowest BCUT2D eigenvalue weighted by Gasteiger charge is -2.19. The molecule has 5 heteroatoms. The van der Waals surface area contributed by atoms with E-state index in [2.05, 4.69) is 23.8 Å². The van der Waals surface area contributed by atoms with Crippen LogP contribution in [0.1, 0.15) is 51.3 Å². The van der Waals surface area contributed by atoms with Gasteiger partial charge < -0.3 is 5.11 Å². The molecule has 19 heavy (non-hydrogen) atoms. The fourth-order valence-electron chi connectivity index (χ4n) is 2.17. The van der Waals surface area contributed by atoms with E-state index in [9.17, 15) is 4.79 Å². The third-order valence-corrected chi connectivity index (χ3v) is 3.75. The average Bonchev–Trinajstić information content (AvgIpc) is 3.13. The van der Waals surface area contributed by atoms with Crippen LogP contribution in [0, 0.1) is 0 Å². The fourth-order valence-corrected chi connectivity index (χ4v) is 2.17. The average molecular weight is 265 g/mol. The predicted octanol–water partition coefficient (Wildman–Crippen LogP) is 2.29. The van der Waals surface area contributed by atoms with Gasteiger partial charge in [0.05, 0.1) is 12.1 Å². The lowest BCUT2D eigenvalue weighted by Crippen LogP contribution is -2.28. The van der Waals surface area contributed by atoms with Crippen molar-refractivity contribution in [1.82, 2.24) is 14.7 Å². The molecule has 0 aliphatic heterocycles. The molecule has 0 amide bonds. The molecule has 0 bridgehead atoms. The van der Waals surface area contributed by atoms with E-state index in [0.717, 1.165) is 18.7 Å². The highest BCUT2D eigenvalue weighted by molar-refractivity contribution is 5.66. The first kappa shape index (κ1) is 14.1. The fraction of sp³-hybridized carbons (Fsp3) is 0.714. The van der Waals surface area contributed by atoms with E-state index < -0.39 is 5.97 Å². The summed E-state index contributed by atoms with van der Waals surface area (Å²) in [6, 6.07) is 3.03. The van der Waals surface area contributed by atoms with Gasteiger partial charge in [-0.25, -0.2) is 0 Å². The summed E-state index contributed by atoms with van der Waals surface area (Å²) >= 11 is 0. The van der Waals surface area contributed by atoms with Crippen LogP contribution in [-0.2, 0) is 11.3 Å². The second kappa shape index (κ2) is 6.19. The minimum atomic E-state index is -0.726. The van der Waals surface area contributed by atoms with E-state index in [1.807, 2.05) is 16.9 Å². The first-order chi connectivity index (χ1) is 9.10. The summed E-state index contributed by atoms with van der Waals surface area (Å²) in [5, 5.41) is 13.4. The predicted molar refractivity (Wildman–Crippen MR) is 72.9 cm³/mol.